The number of imidazole rings is 1. The second kappa shape index (κ2) is 4.53. The van der Waals surface area contributed by atoms with Crippen LogP contribution in [-0.4, -0.2) is 27.4 Å². The summed E-state index contributed by atoms with van der Waals surface area (Å²) in [5, 5.41) is 0. The standard InChI is InChI=1S/C12H18N4/c1-3-15(4-2)8-11-9-16-7-10(13)5-6-12(16)14-11/h5-7,9H,3-4,8,13H2,1-2H3. The van der Waals surface area contributed by atoms with Gasteiger partial charge in [0, 0.05) is 24.6 Å². The van der Waals surface area contributed by atoms with E-state index in [2.05, 4.69) is 23.7 Å². The molecule has 0 aromatic carbocycles. The van der Waals surface area contributed by atoms with Crippen LogP contribution in [0.3, 0.4) is 0 Å². The Bertz CT molecular complexity index is 471. The number of hydrogen-bond acceptors (Lipinski definition) is 3. The quantitative estimate of drug-likeness (QED) is 0.850. The summed E-state index contributed by atoms with van der Waals surface area (Å²) in [7, 11) is 0. The Morgan fingerprint density at radius 3 is 2.69 bits per heavy atom. The third kappa shape index (κ3) is 2.17. The molecule has 16 heavy (non-hydrogen) atoms. The first kappa shape index (κ1) is 11.0. The van der Waals surface area contributed by atoms with Crippen LogP contribution >= 0.6 is 0 Å². The smallest absolute Gasteiger partial charge is 0.137 e. The Labute approximate surface area is 95.7 Å². The summed E-state index contributed by atoms with van der Waals surface area (Å²) in [6, 6.07) is 3.82. The molecule has 4 heteroatoms. The molecule has 0 amide bonds. The number of anilines is 1. The number of nitrogens with two attached hydrogens (primary N) is 1. The molecule has 0 spiro atoms. The fraction of sp³-hybridized carbons (Fsp3) is 0.417. The van der Waals surface area contributed by atoms with Crippen molar-refractivity contribution in [2.75, 3.05) is 18.8 Å². The van der Waals surface area contributed by atoms with Crippen molar-refractivity contribution in [1.29, 1.82) is 0 Å². The van der Waals surface area contributed by atoms with Crippen LogP contribution < -0.4 is 5.73 Å². The number of hydrogen-bond donors (Lipinski definition) is 1. The Kier molecular flexibility index (Phi) is 3.10. The van der Waals surface area contributed by atoms with Crippen LogP contribution in [0.25, 0.3) is 5.65 Å². The van der Waals surface area contributed by atoms with E-state index in [1.165, 1.54) is 0 Å². The van der Waals surface area contributed by atoms with Gasteiger partial charge in [-0.25, -0.2) is 4.98 Å². The number of rotatable bonds is 4. The largest absolute Gasteiger partial charge is 0.398 e. The minimum absolute atomic E-state index is 0.763. The van der Waals surface area contributed by atoms with E-state index in [0.29, 0.717) is 0 Å². The lowest BCUT2D eigenvalue weighted by Crippen LogP contribution is -2.22. The van der Waals surface area contributed by atoms with Gasteiger partial charge < -0.3 is 10.1 Å². The van der Waals surface area contributed by atoms with E-state index in [-0.39, 0.29) is 0 Å². The molecule has 0 aliphatic heterocycles. The van der Waals surface area contributed by atoms with E-state index < -0.39 is 0 Å². The zero-order valence-corrected chi connectivity index (χ0v) is 9.85. The van der Waals surface area contributed by atoms with E-state index in [0.717, 1.165) is 36.7 Å². The number of pyridine rings is 1. The third-order valence-corrected chi connectivity index (χ3v) is 2.80. The van der Waals surface area contributed by atoms with E-state index in [4.69, 9.17) is 5.73 Å². The highest BCUT2D eigenvalue weighted by Gasteiger charge is 2.05. The van der Waals surface area contributed by atoms with Gasteiger partial charge in [-0.05, 0) is 25.2 Å². The van der Waals surface area contributed by atoms with Crippen molar-refractivity contribution in [2.24, 2.45) is 0 Å². The van der Waals surface area contributed by atoms with Crippen molar-refractivity contribution in [2.45, 2.75) is 20.4 Å². The van der Waals surface area contributed by atoms with Gasteiger partial charge in [-0.2, -0.15) is 0 Å². The highest BCUT2D eigenvalue weighted by Crippen LogP contribution is 2.10. The first-order chi connectivity index (χ1) is 7.72. The molecule has 0 bridgehead atoms. The van der Waals surface area contributed by atoms with Crippen LogP contribution in [-0.2, 0) is 6.54 Å². The lowest BCUT2D eigenvalue weighted by Gasteiger charge is -2.15. The molecule has 0 aliphatic rings. The van der Waals surface area contributed by atoms with Gasteiger partial charge in [0.25, 0.3) is 0 Å². The van der Waals surface area contributed by atoms with Gasteiger partial charge in [0.1, 0.15) is 5.65 Å². The predicted molar refractivity (Wildman–Crippen MR) is 66.2 cm³/mol. The van der Waals surface area contributed by atoms with Crippen LogP contribution in [0.15, 0.2) is 24.5 Å². The van der Waals surface area contributed by atoms with Gasteiger partial charge in [0.15, 0.2) is 0 Å². The van der Waals surface area contributed by atoms with Gasteiger partial charge >= 0.3 is 0 Å². The highest BCUT2D eigenvalue weighted by atomic mass is 15.1. The molecule has 0 saturated carbocycles. The molecular formula is C12H18N4. The Hall–Kier alpha value is -1.55. The van der Waals surface area contributed by atoms with Gasteiger partial charge in [-0.1, -0.05) is 13.8 Å². The van der Waals surface area contributed by atoms with E-state index in [1.54, 1.807) is 0 Å². The van der Waals surface area contributed by atoms with Crippen molar-refractivity contribution >= 4 is 11.3 Å². The number of fused-ring (bicyclic) bond motifs is 1. The lowest BCUT2D eigenvalue weighted by molar-refractivity contribution is 0.293. The molecule has 2 rings (SSSR count). The molecule has 2 aromatic rings. The molecule has 0 atom stereocenters. The van der Waals surface area contributed by atoms with Crippen molar-refractivity contribution in [3.05, 3.63) is 30.2 Å². The van der Waals surface area contributed by atoms with E-state index in [1.807, 2.05) is 28.9 Å². The number of nitrogens with zero attached hydrogens (tertiary/aromatic N) is 3. The van der Waals surface area contributed by atoms with E-state index >= 15 is 0 Å². The van der Waals surface area contributed by atoms with Crippen molar-refractivity contribution in [3.8, 4) is 0 Å². The summed E-state index contributed by atoms with van der Waals surface area (Å²) in [5.41, 5.74) is 8.54. The summed E-state index contributed by atoms with van der Waals surface area (Å²) >= 11 is 0. The molecule has 0 radical (unpaired) electrons. The maximum Gasteiger partial charge on any atom is 0.137 e. The normalized spacial score (nSPS) is 11.4. The SMILES string of the molecule is CCN(CC)Cc1cn2cc(N)ccc2n1. The van der Waals surface area contributed by atoms with Gasteiger partial charge in [-0.3, -0.25) is 4.90 Å². The van der Waals surface area contributed by atoms with Crippen LogP contribution in [0.4, 0.5) is 5.69 Å². The molecule has 0 aliphatic carbocycles. The summed E-state index contributed by atoms with van der Waals surface area (Å²) in [6.07, 6.45) is 3.94. The van der Waals surface area contributed by atoms with Crippen LogP contribution in [0.5, 0.6) is 0 Å². The fourth-order valence-electron chi connectivity index (χ4n) is 1.81. The lowest BCUT2D eigenvalue weighted by atomic mass is 10.4. The maximum atomic E-state index is 5.73. The second-order valence-electron chi connectivity index (χ2n) is 3.92. The minimum atomic E-state index is 0.763. The number of aromatic nitrogens is 2. The monoisotopic (exact) mass is 218 g/mol. The van der Waals surface area contributed by atoms with Crippen LogP contribution in [0.2, 0.25) is 0 Å². The topological polar surface area (TPSA) is 46.6 Å². The molecular weight excluding hydrogens is 200 g/mol. The molecule has 2 aromatic heterocycles. The minimum Gasteiger partial charge on any atom is -0.398 e. The first-order valence-corrected chi connectivity index (χ1v) is 5.68. The Morgan fingerprint density at radius 2 is 2.00 bits per heavy atom. The predicted octanol–water partition coefficient (Wildman–Crippen LogP) is 1.76. The molecule has 0 unspecified atom stereocenters. The summed E-state index contributed by atoms with van der Waals surface area (Å²) in [4.78, 5) is 6.89. The second-order valence-corrected chi connectivity index (χ2v) is 3.92. The Balaban J connectivity index is 2.25. The van der Waals surface area contributed by atoms with Crippen LogP contribution in [0, 0.1) is 0 Å². The maximum absolute atomic E-state index is 5.73. The van der Waals surface area contributed by atoms with Crippen LogP contribution in [0.1, 0.15) is 19.5 Å². The average Bonchev–Trinajstić information content (AvgIpc) is 2.67. The first-order valence-electron chi connectivity index (χ1n) is 5.68. The van der Waals surface area contributed by atoms with Crippen molar-refractivity contribution in [1.82, 2.24) is 14.3 Å². The molecule has 2 N–H and O–H groups in total. The fourth-order valence-corrected chi connectivity index (χ4v) is 1.81. The number of nitrogen functional groups attached to an aromatic ring is 1. The van der Waals surface area contributed by atoms with Crippen molar-refractivity contribution in [3.63, 3.8) is 0 Å². The third-order valence-electron chi connectivity index (χ3n) is 2.80. The van der Waals surface area contributed by atoms with E-state index in [9.17, 15) is 0 Å². The molecule has 4 nitrogen and oxygen atoms in total. The highest BCUT2D eigenvalue weighted by molar-refractivity contribution is 5.48. The molecule has 86 valence electrons. The van der Waals surface area contributed by atoms with Gasteiger partial charge in [0.2, 0.25) is 0 Å². The summed E-state index contributed by atoms with van der Waals surface area (Å²) < 4.78 is 1.98. The molecule has 0 fully saturated rings. The van der Waals surface area contributed by atoms with Gasteiger partial charge in [0.05, 0.1) is 5.69 Å². The molecule has 0 saturated heterocycles. The average molecular weight is 218 g/mol. The Morgan fingerprint density at radius 1 is 1.25 bits per heavy atom. The van der Waals surface area contributed by atoms with Crippen molar-refractivity contribution < 1.29 is 0 Å². The van der Waals surface area contributed by atoms with Gasteiger partial charge in [-0.15, -0.1) is 0 Å². The summed E-state index contributed by atoms with van der Waals surface area (Å²) in [6.45, 7) is 7.32. The summed E-state index contributed by atoms with van der Waals surface area (Å²) in [5.74, 6) is 0. The zero-order valence-electron chi connectivity index (χ0n) is 9.85. The zero-order chi connectivity index (χ0) is 11.5. The molecule has 2 heterocycles.